The molecule has 2 aromatic carbocycles. The number of ketones is 1. The molecule has 176 valence electrons. The van der Waals surface area contributed by atoms with Crippen molar-refractivity contribution in [3.8, 4) is 28.7 Å². The number of aliphatic hydroxyl groups excluding tert-OH is 4. The van der Waals surface area contributed by atoms with Crippen LogP contribution in [0.4, 0.5) is 0 Å². The summed E-state index contributed by atoms with van der Waals surface area (Å²) in [5.74, 6) is -1.14. The van der Waals surface area contributed by atoms with Gasteiger partial charge in [0.05, 0.1) is 19.3 Å². The quantitative estimate of drug-likeness (QED) is 0.258. The minimum atomic E-state index is -1.64. The average Bonchev–Trinajstić information content (AvgIpc) is 3.11. The molecule has 1 fully saturated rings. The number of allylic oxidation sites excluding steroid dienone is 1. The smallest absolute Gasteiger partial charge is 0.232 e. The fourth-order valence-corrected chi connectivity index (χ4v) is 3.57. The van der Waals surface area contributed by atoms with Crippen LogP contribution >= 0.6 is 0 Å². The van der Waals surface area contributed by atoms with Crippen molar-refractivity contribution in [3.05, 3.63) is 47.2 Å². The van der Waals surface area contributed by atoms with E-state index < -0.39 is 43.1 Å². The highest BCUT2D eigenvalue weighted by Crippen LogP contribution is 2.46. The zero-order valence-corrected chi connectivity index (χ0v) is 17.3. The van der Waals surface area contributed by atoms with Crippen molar-refractivity contribution in [2.45, 2.75) is 30.7 Å². The summed E-state index contributed by atoms with van der Waals surface area (Å²) in [4.78, 5) is 12.8. The summed E-state index contributed by atoms with van der Waals surface area (Å²) >= 11 is 0. The first-order valence-electron chi connectivity index (χ1n) is 9.89. The Morgan fingerprint density at radius 1 is 1.03 bits per heavy atom. The second-order valence-corrected chi connectivity index (χ2v) is 7.48. The molecule has 11 heteroatoms. The highest BCUT2D eigenvalue weighted by atomic mass is 16.7. The van der Waals surface area contributed by atoms with Gasteiger partial charge in [-0.05, 0) is 35.9 Å². The van der Waals surface area contributed by atoms with E-state index in [0.717, 1.165) is 0 Å². The van der Waals surface area contributed by atoms with E-state index in [-0.39, 0.29) is 40.1 Å². The van der Waals surface area contributed by atoms with Crippen LogP contribution in [0.2, 0.25) is 0 Å². The molecule has 5 unspecified atom stereocenters. The molecule has 33 heavy (non-hydrogen) atoms. The van der Waals surface area contributed by atoms with Gasteiger partial charge in [0.2, 0.25) is 17.8 Å². The predicted octanol–water partition coefficient (Wildman–Crippen LogP) is -0.0987. The van der Waals surface area contributed by atoms with Crippen molar-refractivity contribution in [2.75, 3.05) is 13.7 Å². The molecule has 2 aliphatic heterocycles. The molecule has 6 N–H and O–H groups in total. The van der Waals surface area contributed by atoms with Gasteiger partial charge in [0.15, 0.2) is 28.8 Å². The second kappa shape index (κ2) is 8.89. The molecule has 0 amide bonds. The molecular formula is C22H22O11. The number of hydrogen-bond acceptors (Lipinski definition) is 11. The number of rotatable bonds is 5. The van der Waals surface area contributed by atoms with Crippen LogP contribution in [-0.4, -0.2) is 80.8 Å². The van der Waals surface area contributed by atoms with Crippen molar-refractivity contribution in [1.29, 1.82) is 0 Å². The van der Waals surface area contributed by atoms with Gasteiger partial charge < -0.3 is 49.6 Å². The molecule has 2 aromatic rings. The molecule has 2 aliphatic rings. The van der Waals surface area contributed by atoms with Gasteiger partial charge in [0.25, 0.3) is 0 Å². The van der Waals surface area contributed by atoms with Crippen molar-refractivity contribution in [3.63, 3.8) is 0 Å². The summed E-state index contributed by atoms with van der Waals surface area (Å²) in [6.07, 6.45) is -6.06. The Bertz CT molecular complexity index is 1090. The molecule has 2 heterocycles. The van der Waals surface area contributed by atoms with Gasteiger partial charge in [-0.3, -0.25) is 4.79 Å². The molecular weight excluding hydrogens is 440 g/mol. The molecule has 0 aromatic heterocycles. The van der Waals surface area contributed by atoms with Gasteiger partial charge >= 0.3 is 0 Å². The molecule has 0 spiro atoms. The SMILES string of the molecule is COc1c(OC2OC(CO)C(O)C(O)C2O)ccc2c1O/C(=C/c1ccc(O)c(O)c1)C2=O. The lowest BCUT2D eigenvalue weighted by Crippen LogP contribution is -2.60. The van der Waals surface area contributed by atoms with Crippen LogP contribution in [0, 0.1) is 0 Å². The van der Waals surface area contributed by atoms with Gasteiger partial charge in [-0.15, -0.1) is 0 Å². The standard InChI is InChI=1S/C22H22O11/c1-30-21-13(32-22-19(29)18(28)17(27)15(8-23)33-22)5-3-10-16(26)14(31-20(10)21)7-9-2-4-11(24)12(25)6-9/h2-7,15,17-19,22-25,27-29H,8H2,1H3/b14-7+. The lowest BCUT2D eigenvalue weighted by molar-refractivity contribution is -0.277. The van der Waals surface area contributed by atoms with Crippen LogP contribution in [0.1, 0.15) is 15.9 Å². The van der Waals surface area contributed by atoms with Gasteiger partial charge in [0, 0.05) is 0 Å². The van der Waals surface area contributed by atoms with Crippen LogP contribution in [0.5, 0.6) is 28.7 Å². The third kappa shape index (κ3) is 4.08. The lowest BCUT2D eigenvalue weighted by atomic mass is 9.99. The minimum absolute atomic E-state index is 0.00904. The van der Waals surface area contributed by atoms with Crippen molar-refractivity contribution >= 4 is 11.9 Å². The Morgan fingerprint density at radius 2 is 1.79 bits per heavy atom. The molecule has 11 nitrogen and oxygen atoms in total. The number of benzene rings is 2. The minimum Gasteiger partial charge on any atom is -0.504 e. The van der Waals surface area contributed by atoms with Crippen LogP contribution < -0.4 is 14.2 Å². The average molecular weight is 462 g/mol. The Morgan fingerprint density at radius 3 is 2.45 bits per heavy atom. The first-order valence-corrected chi connectivity index (χ1v) is 9.89. The fourth-order valence-electron chi connectivity index (χ4n) is 3.57. The van der Waals surface area contributed by atoms with Crippen molar-refractivity contribution < 1.29 is 54.4 Å². The van der Waals surface area contributed by atoms with Crippen LogP contribution in [-0.2, 0) is 4.74 Å². The number of methoxy groups -OCH3 is 1. The molecule has 5 atom stereocenters. The van der Waals surface area contributed by atoms with E-state index >= 15 is 0 Å². The van der Waals surface area contributed by atoms with E-state index in [0.29, 0.717) is 5.56 Å². The summed E-state index contributed by atoms with van der Waals surface area (Å²) in [6.45, 7) is -0.620. The van der Waals surface area contributed by atoms with Crippen LogP contribution in [0.3, 0.4) is 0 Å². The van der Waals surface area contributed by atoms with E-state index in [4.69, 9.17) is 18.9 Å². The van der Waals surface area contributed by atoms with Crippen molar-refractivity contribution in [2.24, 2.45) is 0 Å². The normalized spacial score (nSPS) is 27.8. The maximum Gasteiger partial charge on any atom is 0.232 e. The molecule has 0 aliphatic carbocycles. The first-order chi connectivity index (χ1) is 15.7. The number of Topliss-reactive ketones (excluding diaryl/α,β-unsaturated/α-hetero) is 1. The van der Waals surface area contributed by atoms with Crippen LogP contribution in [0.15, 0.2) is 36.1 Å². The number of fused-ring (bicyclic) bond motifs is 1. The maximum absolute atomic E-state index is 12.8. The topological polar surface area (TPSA) is 175 Å². The van der Waals surface area contributed by atoms with E-state index in [1.54, 1.807) is 0 Å². The van der Waals surface area contributed by atoms with Gasteiger partial charge in [-0.25, -0.2) is 0 Å². The molecule has 1 saturated heterocycles. The number of carbonyl (C=O) groups is 1. The Kier molecular flexibility index (Phi) is 6.15. The van der Waals surface area contributed by atoms with E-state index in [9.17, 15) is 35.4 Å². The summed E-state index contributed by atoms with van der Waals surface area (Å²) in [5, 5.41) is 58.5. The highest BCUT2D eigenvalue weighted by molar-refractivity contribution is 6.15. The number of phenols is 2. The Balaban J connectivity index is 1.62. The number of hydrogen-bond donors (Lipinski definition) is 6. The van der Waals surface area contributed by atoms with Crippen molar-refractivity contribution in [1.82, 2.24) is 0 Å². The van der Waals surface area contributed by atoms with E-state index in [2.05, 4.69) is 0 Å². The largest absolute Gasteiger partial charge is 0.504 e. The van der Waals surface area contributed by atoms with Gasteiger partial charge in [0.1, 0.15) is 24.4 Å². The Hall–Kier alpha value is -3.35. The number of ether oxygens (including phenoxy) is 4. The van der Waals surface area contributed by atoms with Gasteiger partial charge in [-0.1, -0.05) is 6.07 Å². The molecule has 4 rings (SSSR count). The van der Waals surface area contributed by atoms with E-state index in [1.165, 1.54) is 43.5 Å². The fraction of sp³-hybridized carbons (Fsp3) is 0.318. The third-order valence-corrected chi connectivity index (χ3v) is 5.35. The van der Waals surface area contributed by atoms with Crippen LogP contribution in [0.25, 0.3) is 6.08 Å². The monoisotopic (exact) mass is 462 g/mol. The molecule has 0 saturated carbocycles. The summed E-state index contributed by atoms with van der Waals surface area (Å²) in [7, 11) is 1.31. The molecule has 0 radical (unpaired) electrons. The number of phenolic OH excluding ortho intramolecular Hbond substituents is 2. The zero-order chi connectivity index (χ0) is 23.9. The lowest BCUT2D eigenvalue weighted by Gasteiger charge is -2.39. The first kappa shape index (κ1) is 22.8. The number of aromatic hydroxyl groups is 2. The predicted molar refractivity (Wildman–Crippen MR) is 110 cm³/mol. The summed E-state index contributed by atoms with van der Waals surface area (Å²) in [6, 6.07) is 6.80. The zero-order valence-electron chi connectivity index (χ0n) is 17.3. The highest BCUT2D eigenvalue weighted by Gasteiger charge is 2.45. The maximum atomic E-state index is 12.8. The number of aliphatic hydroxyl groups is 4. The summed E-state index contributed by atoms with van der Waals surface area (Å²) < 4.78 is 22.0. The van der Waals surface area contributed by atoms with Gasteiger partial charge in [-0.2, -0.15) is 0 Å². The number of carbonyl (C=O) groups excluding carboxylic acids is 1. The van der Waals surface area contributed by atoms with E-state index in [1.807, 2.05) is 0 Å². The second-order valence-electron chi connectivity index (χ2n) is 7.48. The Labute approximate surface area is 187 Å². The molecule has 0 bridgehead atoms. The summed E-state index contributed by atoms with van der Waals surface area (Å²) in [5.41, 5.74) is 0.570. The third-order valence-electron chi connectivity index (χ3n) is 5.35.